The van der Waals surface area contributed by atoms with Gasteiger partial charge in [-0.15, -0.1) is 0 Å². The van der Waals surface area contributed by atoms with Crippen molar-refractivity contribution < 1.29 is 0 Å². The summed E-state index contributed by atoms with van der Waals surface area (Å²) in [4.78, 5) is 4.15. The van der Waals surface area contributed by atoms with E-state index in [4.69, 9.17) is 34.8 Å². The lowest BCUT2D eigenvalue weighted by Gasteiger charge is -2.17. The summed E-state index contributed by atoms with van der Waals surface area (Å²) < 4.78 is 2.13. The molecule has 2 nitrogen and oxygen atoms in total. The van der Waals surface area contributed by atoms with Gasteiger partial charge in [0.2, 0.25) is 0 Å². The summed E-state index contributed by atoms with van der Waals surface area (Å²) in [6.07, 6.45) is 7.79. The van der Waals surface area contributed by atoms with Gasteiger partial charge in [0.05, 0.1) is 16.4 Å². The van der Waals surface area contributed by atoms with Crippen LogP contribution < -0.4 is 0 Å². The molecule has 1 heterocycles. The van der Waals surface area contributed by atoms with Gasteiger partial charge >= 0.3 is 0 Å². The first-order chi connectivity index (χ1) is 12.6. The molecule has 136 valence electrons. The maximum atomic E-state index is 6.13. The molecule has 0 spiro atoms. The molecule has 3 rings (SSSR count). The highest BCUT2D eigenvalue weighted by Crippen LogP contribution is 2.28. The Labute approximate surface area is 173 Å². The van der Waals surface area contributed by atoms with Gasteiger partial charge in [0.25, 0.3) is 0 Å². The second-order valence-electron chi connectivity index (χ2n) is 6.11. The molecule has 3 aromatic rings. The Hall–Kier alpha value is -1.13. The lowest BCUT2D eigenvalue weighted by atomic mass is 10.1. The van der Waals surface area contributed by atoms with Crippen LogP contribution in [0.15, 0.2) is 61.2 Å². The van der Waals surface area contributed by atoms with Crippen molar-refractivity contribution in [2.75, 3.05) is 0 Å². The highest BCUT2D eigenvalue weighted by Gasteiger charge is 2.12. The molecule has 0 N–H and O–H groups in total. The zero-order chi connectivity index (χ0) is 18.4. The van der Waals surface area contributed by atoms with E-state index in [1.165, 1.54) is 11.1 Å². The number of imidazole rings is 1. The van der Waals surface area contributed by atoms with Crippen molar-refractivity contribution in [3.05, 3.63) is 87.4 Å². The number of nitrogens with zero attached hydrogens (tertiary/aromatic N) is 2. The molecule has 26 heavy (non-hydrogen) atoms. The van der Waals surface area contributed by atoms with Crippen LogP contribution in [0.25, 0.3) is 0 Å². The van der Waals surface area contributed by atoms with E-state index in [-0.39, 0.29) is 0 Å². The molecule has 1 atom stereocenters. The summed E-state index contributed by atoms with van der Waals surface area (Å²) in [6.45, 7) is 0.930. The van der Waals surface area contributed by atoms with Gasteiger partial charge in [0, 0.05) is 35.0 Å². The number of aromatic nitrogens is 2. The molecule has 1 unspecified atom stereocenters. The molecule has 1 aromatic heterocycles. The van der Waals surface area contributed by atoms with Crippen molar-refractivity contribution in [3.8, 4) is 0 Å². The standard InChI is InChI=1S/C20H19Cl3N2S/c21-17-5-1-15(2-6-17)3-7-18(12-25-10-9-24-14-25)26-13-16-4-8-19(22)20(23)11-16/h1-2,4-6,8-11,14,18H,3,7,12-13H2. The minimum absolute atomic E-state index is 0.467. The molecule has 0 bridgehead atoms. The second-order valence-corrected chi connectivity index (χ2v) is 8.65. The number of halogens is 3. The zero-order valence-electron chi connectivity index (χ0n) is 14.1. The van der Waals surface area contributed by atoms with Crippen LogP contribution in [0.5, 0.6) is 0 Å². The highest BCUT2D eigenvalue weighted by atomic mass is 35.5. The number of rotatable bonds is 8. The fraction of sp³-hybridized carbons (Fsp3) is 0.250. The smallest absolute Gasteiger partial charge is 0.0946 e. The molecular weight excluding hydrogens is 407 g/mol. The predicted octanol–water partition coefficient (Wildman–Crippen LogP) is 6.78. The van der Waals surface area contributed by atoms with Crippen LogP contribution in [-0.4, -0.2) is 14.8 Å². The van der Waals surface area contributed by atoms with Crippen LogP contribution in [0.4, 0.5) is 0 Å². The Balaban J connectivity index is 1.62. The fourth-order valence-electron chi connectivity index (χ4n) is 2.68. The molecule has 0 fully saturated rings. The van der Waals surface area contributed by atoms with E-state index in [9.17, 15) is 0 Å². The molecule has 0 aliphatic rings. The Morgan fingerprint density at radius 2 is 1.73 bits per heavy atom. The van der Waals surface area contributed by atoms with Gasteiger partial charge in [-0.3, -0.25) is 0 Å². The minimum atomic E-state index is 0.467. The Bertz CT molecular complexity index is 820. The van der Waals surface area contributed by atoms with Crippen LogP contribution >= 0.6 is 46.6 Å². The van der Waals surface area contributed by atoms with Crippen molar-refractivity contribution >= 4 is 46.6 Å². The van der Waals surface area contributed by atoms with Crippen molar-refractivity contribution in [2.45, 2.75) is 30.4 Å². The summed E-state index contributed by atoms with van der Waals surface area (Å²) in [5.41, 5.74) is 2.49. The van der Waals surface area contributed by atoms with Gasteiger partial charge in [-0.05, 0) is 48.2 Å². The van der Waals surface area contributed by atoms with Gasteiger partial charge in [0.1, 0.15) is 0 Å². The average molecular weight is 426 g/mol. The lowest BCUT2D eigenvalue weighted by molar-refractivity contribution is 0.624. The van der Waals surface area contributed by atoms with E-state index in [0.29, 0.717) is 15.3 Å². The first-order valence-electron chi connectivity index (χ1n) is 8.36. The van der Waals surface area contributed by atoms with Gasteiger partial charge < -0.3 is 4.57 Å². The van der Waals surface area contributed by atoms with Crippen molar-refractivity contribution in [1.82, 2.24) is 9.55 Å². The quantitative estimate of drug-likeness (QED) is 0.396. The summed E-state index contributed by atoms with van der Waals surface area (Å²) in [6, 6.07) is 13.9. The van der Waals surface area contributed by atoms with Gasteiger partial charge in [-0.25, -0.2) is 4.98 Å². The molecule has 6 heteroatoms. The van der Waals surface area contributed by atoms with E-state index in [0.717, 1.165) is 30.2 Å². The van der Waals surface area contributed by atoms with Crippen LogP contribution in [-0.2, 0) is 18.7 Å². The van der Waals surface area contributed by atoms with E-state index in [2.05, 4.69) is 21.7 Å². The third-order valence-electron chi connectivity index (χ3n) is 4.11. The maximum absolute atomic E-state index is 6.13. The fourth-order valence-corrected chi connectivity index (χ4v) is 4.30. The van der Waals surface area contributed by atoms with Crippen LogP contribution in [0.2, 0.25) is 15.1 Å². The molecule has 0 amide bonds. The van der Waals surface area contributed by atoms with Crippen LogP contribution in [0, 0.1) is 0 Å². The van der Waals surface area contributed by atoms with Crippen molar-refractivity contribution in [1.29, 1.82) is 0 Å². The number of aryl methyl sites for hydroxylation is 1. The van der Waals surface area contributed by atoms with E-state index < -0.39 is 0 Å². The number of hydrogen-bond acceptors (Lipinski definition) is 2. The van der Waals surface area contributed by atoms with Gasteiger partial charge in [-0.1, -0.05) is 53.0 Å². The second kappa shape index (κ2) is 9.70. The molecule has 0 saturated carbocycles. The van der Waals surface area contributed by atoms with Crippen LogP contribution in [0.3, 0.4) is 0 Å². The summed E-state index contributed by atoms with van der Waals surface area (Å²) in [7, 11) is 0. The first-order valence-corrected chi connectivity index (χ1v) is 10.5. The Morgan fingerprint density at radius 1 is 0.962 bits per heavy atom. The monoisotopic (exact) mass is 424 g/mol. The lowest BCUT2D eigenvalue weighted by Crippen LogP contribution is -2.13. The number of thioether (sulfide) groups is 1. The Morgan fingerprint density at radius 3 is 2.42 bits per heavy atom. The largest absolute Gasteiger partial charge is 0.336 e. The normalized spacial score (nSPS) is 12.3. The first kappa shape index (κ1) is 19.6. The van der Waals surface area contributed by atoms with E-state index >= 15 is 0 Å². The minimum Gasteiger partial charge on any atom is -0.336 e. The number of hydrogen-bond donors (Lipinski definition) is 0. The third-order valence-corrected chi connectivity index (χ3v) is 6.46. The molecule has 0 radical (unpaired) electrons. The van der Waals surface area contributed by atoms with Gasteiger partial charge in [-0.2, -0.15) is 11.8 Å². The molecule has 2 aromatic carbocycles. The summed E-state index contributed by atoms with van der Waals surface area (Å²) >= 11 is 20.1. The predicted molar refractivity (Wildman–Crippen MR) is 114 cm³/mol. The van der Waals surface area contributed by atoms with Gasteiger partial charge in [0.15, 0.2) is 0 Å². The molecule has 0 aliphatic heterocycles. The number of benzene rings is 2. The van der Waals surface area contributed by atoms with E-state index in [1.54, 1.807) is 0 Å². The Kier molecular flexibility index (Phi) is 7.32. The summed E-state index contributed by atoms with van der Waals surface area (Å²) in [5.74, 6) is 0.900. The molecule has 0 aliphatic carbocycles. The highest BCUT2D eigenvalue weighted by molar-refractivity contribution is 7.99. The molecular formula is C20H19Cl3N2S. The van der Waals surface area contributed by atoms with Crippen LogP contribution in [0.1, 0.15) is 17.5 Å². The third kappa shape index (κ3) is 5.95. The maximum Gasteiger partial charge on any atom is 0.0946 e. The SMILES string of the molecule is Clc1ccc(CCC(Cn2ccnc2)SCc2ccc(Cl)c(Cl)c2)cc1. The summed E-state index contributed by atoms with van der Waals surface area (Å²) in [5, 5.41) is 2.45. The average Bonchev–Trinajstić information content (AvgIpc) is 3.14. The topological polar surface area (TPSA) is 17.8 Å². The van der Waals surface area contributed by atoms with Crippen molar-refractivity contribution in [3.63, 3.8) is 0 Å². The van der Waals surface area contributed by atoms with E-state index in [1.807, 2.05) is 60.8 Å². The zero-order valence-corrected chi connectivity index (χ0v) is 17.2. The van der Waals surface area contributed by atoms with Crippen molar-refractivity contribution in [2.24, 2.45) is 0 Å². The molecule has 0 saturated heterocycles.